The van der Waals surface area contributed by atoms with Gasteiger partial charge in [0.05, 0.1) is 0 Å². The Kier molecular flexibility index (Phi) is 4.71. The van der Waals surface area contributed by atoms with Crippen LogP contribution in [-0.2, 0) is 11.3 Å². The molecular formula is C19H20BrNO2. The van der Waals surface area contributed by atoms with Gasteiger partial charge in [-0.25, -0.2) is 0 Å². The Morgan fingerprint density at radius 2 is 2.00 bits per heavy atom. The molecule has 0 saturated heterocycles. The molecule has 1 fully saturated rings. The summed E-state index contributed by atoms with van der Waals surface area (Å²) in [6.45, 7) is 2.81. The van der Waals surface area contributed by atoms with Crippen molar-refractivity contribution in [2.24, 2.45) is 5.92 Å². The van der Waals surface area contributed by atoms with E-state index in [2.05, 4.69) is 22.9 Å². The fourth-order valence-corrected chi connectivity index (χ4v) is 2.86. The highest BCUT2D eigenvalue weighted by molar-refractivity contribution is 9.10. The average molecular weight is 374 g/mol. The highest BCUT2D eigenvalue weighted by atomic mass is 79.9. The number of carbonyl (C=O) groups is 1. The van der Waals surface area contributed by atoms with Crippen LogP contribution in [0.15, 0.2) is 51.4 Å². The number of carbonyl (C=O) groups excluding carboxylic acids is 1. The molecule has 0 N–H and O–H groups in total. The van der Waals surface area contributed by atoms with Crippen LogP contribution in [0.4, 0.5) is 0 Å². The summed E-state index contributed by atoms with van der Waals surface area (Å²) in [6, 6.07) is 11.9. The lowest BCUT2D eigenvalue weighted by Gasteiger charge is -2.15. The van der Waals surface area contributed by atoms with Crippen LogP contribution in [0.3, 0.4) is 0 Å². The molecule has 0 radical (unpaired) electrons. The molecule has 3 rings (SSSR count). The molecule has 0 bridgehead atoms. The summed E-state index contributed by atoms with van der Waals surface area (Å²) in [4.78, 5) is 13.9. The van der Waals surface area contributed by atoms with Crippen LogP contribution < -0.4 is 0 Å². The molecule has 0 aliphatic heterocycles. The van der Waals surface area contributed by atoms with E-state index < -0.39 is 0 Å². The van der Waals surface area contributed by atoms with Gasteiger partial charge in [-0.2, -0.15) is 0 Å². The standard InChI is InChI=1S/C19H20BrNO2/c1-13-11-17(13)18-9-7-16(23-18)8-10-19(22)21(2)12-14-3-5-15(20)6-4-14/h3-10,13,17H,11-12H2,1-2H3/b10-8+. The zero-order valence-electron chi connectivity index (χ0n) is 13.3. The average Bonchev–Trinajstić information content (AvgIpc) is 3.08. The number of rotatable bonds is 5. The van der Waals surface area contributed by atoms with Crippen LogP contribution in [0.25, 0.3) is 6.08 Å². The minimum atomic E-state index is -0.0364. The Bertz CT molecular complexity index is 717. The summed E-state index contributed by atoms with van der Waals surface area (Å²) in [6.07, 6.45) is 4.51. The van der Waals surface area contributed by atoms with Gasteiger partial charge in [-0.15, -0.1) is 0 Å². The molecule has 1 aliphatic carbocycles. The number of furan rings is 1. The Morgan fingerprint density at radius 1 is 1.30 bits per heavy atom. The van der Waals surface area contributed by atoms with Gasteiger partial charge in [0.15, 0.2) is 0 Å². The predicted octanol–water partition coefficient (Wildman–Crippen LogP) is 4.84. The number of hydrogen-bond donors (Lipinski definition) is 0. The molecule has 120 valence electrons. The summed E-state index contributed by atoms with van der Waals surface area (Å²) in [5.74, 6) is 3.02. The Hall–Kier alpha value is -1.81. The monoisotopic (exact) mass is 373 g/mol. The van der Waals surface area contributed by atoms with E-state index in [0.29, 0.717) is 12.5 Å². The van der Waals surface area contributed by atoms with E-state index >= 15 is 0 Å². The van der Waals surface area contributed by atoms with Gasteiger partial charge in [-0.05, 0) is 48.2 Å². The van der Waals surface area contributed by atoms with E-state index in [1.54, 1.807) is 24.1 Å². The van der Waals surface area contributed by atoms with E-state index in [1.165, 1.54) is 6.42 Å². The first-order valence-corrected chi connectivity index (χ1v) is 8.59. The molecule has 2 aromatic rings. The summed E-state index contributed by atoms with van der Waals surface area (Å²) in [7, 11) is 1.80. The third-order valence-electron chi connectivity index (χ3n) is 4.22. The van der Waals surface area contributed by atoms with E-state index in [0.717, 1.165) is 27.5 Å². The number of hydrogen-bond acceptors (Lipinski definition) is 2. The van der Waals surface area contributed by atoms with Crippen molar-refractivity contribution in [3.63, 3.8) is 0 Å². The largest absolute Gasteiger partial charge is 0.461 e. The lowest BCUT2D eigenvalue weighted by atomic mass is 10.2. The molecule has 1 aliphatic rings. The number of amides is 1. The second-order valence-corrected chi connectivity index (χ2v) is 7.13. The minimum absolute atomic E-state index is 0.0364. The van der Waals surface area contributed by atoms with Gasteiger partial charge in [0, 0.05) is 30.1 Å². The summed E-state index contributed by atoms with van der Waals surface area (Å²) >= 11 is 3.41. The molecule has 4 heteroatoms. The molecule has 1 heterocycles. The Labute approximate surface area is 145 Å². The molecule has 1 aromatic carbocycles. The first-order chi connectivity index (χ1) is 11.0. The number of benzene rings is 1. The van der Waals surface area contributed by atoms with Crippen molar-refractivity contribution in [2.45, 2.75) is 25.8 Å². The lowest BCUT2D eigenvalue weighted by molar-refractivity contribution is -0.125. The van der Waals surface area contributed by atoms with E-state index in [1.807, 2.05) is 36.4 Å². The summed E-state index contributed by atoms with van der Waals surface area (Å²) in [5, 5.41) is 0. The van der Waals surface area contributed by atoms with Gasteiger partial charge in [0.1, 0.15) is 11.5 Å². The number of halogens is 1. The quantitative estimate of drug-likeness (QED) is 0.702. The smallest absolute Gasteiger partial charge is 0.246 e. The molecule has 1 amide bonds. The van der Waals surface area contributed by atoms with Crippen molar-refractivity contribution in [3.8, 4) is 0 Å². The van der Waals surface area contributed by atoms with Gasteiger partial charge >= 0.3 is 0 Å². The Balaban J connectivity index is 1.57. The highest BCUT2D eigenvalue weighted by Gasteiger charge is 2.36. The van der Waals surface area contributed by atoms with Crippen molar-refractivity contribution in [3.05, 3.63) is 64.0 Å². The SMILES string of the molecule is CC1CC1c1ccc(/C=C/C(=O)N(C)Cc2ccc(Br)cc2)o1. The van der Waals surface area contributed by atoms with Gasteiger partial charge < -0.3 is 9.32 Å². The van der Waals surface area contributed by atoms with Crippen LogP contribution >= 0.6 is 15.9 Å². The third-order valence-corrected chi connectivity index (χ3v) is 4.75. The van der Waals surface area contributed by atoms with Crippen molar-refractivity contribution in [1.82, 2.24) is 4.90 Å². The van der Waals surface area contributed by atoms with E-state index in [9.17, 15) is 4.79 Å². The van der Waals surface area contributed by atoms with E-state index in [4.69, 9.17) is 4.42 Å². The maximum atomic E-state index is 12.2. The van der Waals surface area contributed by atoms with Crippen LogP contribution in [0, 0.1) is 5.92 Å². The highest BCUT2D eigenvalue weighted by Crippen LogP contribution is 2.47. The second-order valence-electron chi connectivity index (χ2n) is 6.21. The van der Waals surface area contributed by atoms with Crippen molar-refractivity contribution < 1.29 is 9.21 Å². The summed E-state index contributed by atoms with van der Waals surface area (Å²) < 4.78 is 6.81. The number of nitrogens with zero attached hydrogens (tertiary/aromatic N) is 1. The third kappa shape index (κ3) is 4.14. The zero-order valence-corrected chi connectivity index (χ0v) is 14.9. The molecule has 23 heavy (non-hydrogen) atoms. The van der Waals surface area contributed by atoms with Crippen LogP contribution in [0.2, 0.25) is 0 Å². The van der Waals surface area contributed by atoms with Crippen LogP contribution in [0.5, 0.6) is 0 Å². The molecule has 0 spiro atoms. The molecule has 1 aromatic heterocycles. The lowest BCUT2D eigenvalue weighted by Crippen LogP contribution is -2.24. The molecule has 1 saturated carbocycles. The zero-order chi connectivity index (χ0) is 16.4. The normalized spacial score (nSPS) is 20.0. The maximum absolute atomic E-state index is 12.2. The second kappa shape index (κ2) is 6.75. The van der Waals surface area contributed by atoms with Gasteiger partial charge in [0.25, 0.3) is 0 Å². The Morgan fingerprint density at radius 3 is 2.65 bits per heavy atom. The number of likely N-dealkylation sites (N-methyl/N-ethyl adjacent to an activating group) is 1. The minimum Gasteiger partial charge on any atom is -0.461 e. The molecule has 2 atom stereocenters. The van der Waals surface area contributed by atoms with Crippen molar-refractivity contribution >= 4 is 27.9 Å². The van der Waals surface area contributed by atoms with E-state index in [-0.39, 0.29) is 5.91 Å². The first-order valence-electron chi connectivity index (χ1n) is 7.80. The van der Waals surface area contributed by atoms with Gasteiger partial charge in [-0.3, -0.25) is 4.79 Å². The molecular weight excluding hydrogens is 354 g/mol. The van der Waals surface area contributed by atoms with Crippen molar-refractivity contribution in [1.29, 1.82) is 0 Å². The van der Waals surface area contributed by atoms with Crippen LogP contribution in [0.1, 0.15) is 36.3 Å². The van der Waals surface area contributed by atoms with Crippen LogP contribution in [-0.4, -0.2) is 17.9 Å². The fourth-order valence-electron chi connectivity index (χ4n) is 2.60. The maximum Gasteiger partial charge on any atom is 0.246 e. The fraction of sp³-hybridized carbons (Fsp3) is 0.316. The van der Waals surface area contributed by atoms with Gasteiger partial charge in [-0.1, -0.05) is 35.0 Å². The predicted molar refractivity (Wildman–Crippen MR) is 94.9 cm³/mol. The molecule has 2 unspecified atom stereocenters. The topological polar surface area (TPSA) is 33.5 Å². The summed E-state index contributed by atoms with van der Waals surface area (Å²) in [5.41, 5.74) is 1.10. The molecule has 3 nitrogen and oxygen atoms in total. The van der Waals surface area contributed by atoms with Crippen molar-refractivity contribution in [2.75, 3.05) is 7.05 Å². The van der Waals surface area contributed by atoms with Gasteiger partial charge in [0.2, 0.25) is 5.91 Å². The first kappa shape index (κ1) is 16.1.